The van der Waals surface area contributed by atoms with Crippen LogP contribution in [0.15, 0.2) is 18.3 Å². The van der Waals surface area contributed by atoms with Crippen molar-refractivity contribution in [1.29, 1.82) is 0 Å². The second-order valence-electron chi connectivity index (χ2n) is 8.88. The van der Waals surface area contributed by atoms with Crippen LogP contribution in [0.25, 0.3) is 10.9 Å². The first-order valence-electron chi connectivity index (χ1n) is 10.1. The predicted octanol–water partition coefficient (Wildman–Crippen LogP) is 4.30. The van der Waals surface area contributed by atoms with Crippen LogP contribution in [-0.2, 0) is 4.74 Å². The van der Waals surface area contributed by atoms with E-state index in [1.807, 2.05) is 6.20 Å². The van der Waals surface area contributed by atoms with Gasteiger partial charge in [0, 0.05) is 23.2 Å². The molecular weight excluding hydrogens is 324 g/mol. The van der Waals surface area contributed by atoms with Crippen molar-refractivity contribution in [2.24, 2.45) is 0 Å². The number of nitrogen functional groups attached to an aromatic ring is 1. The summed E-state index contributed by atoms with van der Waals surface area (Å²) in [5, 5.41) is 5.74. The Kier molecular flexibility index (Phi) is 4.70. The average molecular weight is 357 g/mol. The number of rotatable bonds is 2. The van der Waals surface area contributed by atoms with E-state index >= 15 is 0 Å². The van der Waals surface area contributed by atoms with Crippen molar-refractivity contribution in [3.05, 3.63) is 23.9 Å². The van der Waals surface area contributed by atoms with Crippen molar-refractivity contribution < 1.29 is 4.74 Å². The van der Waals surface area contributed by atoms with E-state index in [4.69, 9.17) is 10.5 Å². The lowest BCUT2D eigenvalue weighted by atomic mass is 9.86. The minimum atomic E-state index is 0.0699. The summed E-state index contributed by atoms with van der Waals surface area (Å²) in [5.41, 5.74) is 10.1. The lowest BCUT2D eigenvalue weighted by Gasteiger charge is -2.41. The van der Waals surface area contributed by atoms with Gasteiger partial charge in [-0.15, -0.1) is 0 Å². The third-order valence-corrected chi connectivity index (χ3v) is 6.11. The number of hydrogen-bond donors (Lipinski definition) is 1. The number of hydrogen-bond acceptors (Lipinski definition) is 4. The molecule has 0 spiro atoms. The number of anilines is 1. The van der Waals surface area contributed by atoms with Gasteiger partial charge in [0.05, 0.1) is 11.7 Å². The van der Waals surface area contributed by atoms with Gasteiger partial charge in [-0.25, -0.2) is 4.68 Å². The minimum Gasteiger partial charge on any atom is -0.398 e. The summed E-state index contributed by atoms with van der Waals surface area (Å²) in [7, 11) is 0. The second-order valence-corrected chi connectivity index (χ2v) is 8.88. The van der Waals surface area contributed by atoms with E-state index in [1.54, 1.807) is 0 Å². The molecule has 0 amide bonds. The van der Waals surface area contributed by atoms with Crippen LogP contribution in [0, 0.1) is 0 Å². The maximum atomic E-state index is 6.44. The smallest absolute Gasteiger partial charge is 0.150 e. The van der Waals surface area contributed by atoms with E-state index in [9.17, 15) is 0 Å². The lowest BCUT2D eigenvalue weighted by molar-refractivity contribution is -0.0366. The lowest BCUT2D eigenvalue weighted by Crippen LogP contribution is -2.45. The summed E-state index contributed by atoms with van der Waals surface area (Å²) >= 11 is 0. The molecule has 142 valence electrons. The molecule has 2 saturated heterocycles. The van der Waals surface area contributed by atoms with Crippen molar-refractivity contribution in [2.75, 3.05) is 25.4 Å². The van der Waals surface area contributed by atoms with Gasteiger partial charge in [-0.1, -0.05) is 0 Å². The third kappa shape index (κ3) is 3.35. The molecule has 1 atom stereocenters. The van der Waals surface area contributed by atoms with Crippen LogP contribution in [0.2, 0.25) is 0 Å². The molecule has 5 nitrogen and oxygen atoms in total. The fourth-order valence-corrected chi connectivity index (χ4v) is 4.49. The molecule has 5 heteroatoms. The predicted molar refractivity (Wildman–Crippen MR) is 106 cm³/mol. The highest BCUT2D eigenvalue weighted by atomic mass is 16.5. The average Bonchev–Trinajstić information content (AvgIpc) is 3.04. The molecule has 2 aliphatic rings. The van der Waals surface area contributed by atoms with Gasteiger partial charge in [0.1, 0.15) is 0 Å². The molecule has 0 radical (unpaired) electrons. The van der Waals surface area contributed by atoms with E-state index in [0.717, 1.165) is 43.6 Å². The monoisotopic (exact) mass is 356 g/mol. The van der Waals surface area contributed by atoms with Gasteiger partial charge >= 0.3 is 0 Å². The standard InChI is InChI=1S/C21H32N4O/c1-21(2,3)24-9-7-15(8-10-24)17-13-19-16(12-18(17)22)14-23-25(19)20-6-4-5-11-26-20/h12-15,20H,4-11,22H2,1-3H3. The molecule has 1 aromatic carbocycles. The summed E-state index contributed by atoms with van der Waals surface area (Å²) in [6.45, 7) is 10.0. The van der Waals surface area contributed by atoms with Gasteiger partial charge in [-0.3, -0.25) is 4.90 Å². The van der Waals surface area contributed by atoms with Gasteiger partial charge in [-0.05, 0) is 89.6 Å². The Balaban J connectivity index is 1.60. The molecule has 2 N–H and O–H groups in total. The number of fused-ring (bicyclic) bond motifs is 1. The highest BCUT2D eigenvalue weighted by Gasteiger charge is 2.29. The van der Waals surface area contributed by atoms with E-state index in [0.29, 0.717) is 5.92 Å². The maximum Gasteiger partial charge on any atom is 0.150 e. The number of ether oxygens (including phenoxy) is 1. The molecule has 2 fully saturated rings. The zero-order valence-corrected chi connectivity index (χ0v) is 16.4. The Morgan fingerprint density at radius 3 is 2.54 bits per heavy atom. The molecule has 26 heavy (non-hydrogen) atoms. The van der Waals surface area contributed by atoms with Crippen molar-refractivity contribution >= 4 is 16.6 Å². The molecule has 2 aliphatic heterocycles. The maximum absolute atomic E-state index is 6.44. The van der Waals surface area contributed by atoms with Gasteiger partial charge in [0.2, 0.25) is 0 Å². The zero-order valence-electron chi connectivity index (χ0n) is 16.4. The molecule has 2 aromatic rings. The normalized spacial score (nSPS) is 23.6. The van der Waals surface area contributed by atoms with Gasteiger partial charge in [0.15, 0.2) is 6.23 Å². The number of aromatic nitrogens is 2. The summed E-state index contributed by atoms with van der Waals surface area (Å²) in [6.07, 6.45) is 7.73. The van der Waals surface area contributed by atoms with Crippen molar-refractivity contribution in [3.63, 3.8) is 0 Å². The van der Waals surface area contributed by atoms with Crippen LogP contribution in [0.4, 0.5) is 5.69 Å². The molecule has 0 saturated carbocycles. The summed E-state index contributed by atoms with van der Waals surface area (Å²) < 4.78 is 8.03. The number of nitrogens with zero attached hydrogens (tertiary/aromatic N) is 3. The number of benzene rings is 1. The van der Waals surface area contributed by atoms with Crippen molar-refractivity contribution in [2.45, 2.75) is 70.6 Å². The van der Waals surface area contributed by atoms with Gasteiger partial charge < -0.3 is 10.5 Å². The number of likely N-dealkylation sites (tertiary alicyclic amines) is 1. The van der Waals surface area contributed by atoms with E-state index < -0.39 is 0 Å². The molecule has 1 unspecified atom stereocenters. The second kappa shape index (κ2) is 6.86. The van der Waals surface area contributed by atoms with E-state index in [1.165, 1.54) is 30.3 Å². The van der Waals surface area contributed by atoms with Crippen LogP contribution in [0.3, 0.4) is 0 Å². The van der Waals surface area contributed by atoms with Crippen LogP contribution in [0.5, 0.6) is 0 Å². The molecular formula is C21H32N4O. The fraction of sp³-hybridized carbons (Fsp3) is 0.667. The van der Waals surface area contributed by atoms with Crippen molar-refractivity contribution in [1.82, 2.24) is 14.7 Å². The third-order valence-electron chi connectivity index (χ3n) is 6.11. The Morgan fingerprint density at radius 2 is 1.88 bits per heavy atom. The Bertz CT molecular complexity index is 762. The minimum absolute atomic E-state index is 0.0699. The van der Waals surface area contributed by atoms with E-state index in [2.05, 4.69) is 47.6 Å². The Labute approximate surface area is 156 Å². The van der Waals surface area contributed by atoms with E-state index in [-0.39, 0.29) is 11.8 Å². The molecule has 1 aromatic heterocycles. The van der Waals surface area contributed by atoms with Gasteiger partial charge in [0.25, 0.3) is 0 Å². The largest absolute Gasteiger partial charge is 0.398 e. The quantitative estimate of drug-likeness (QED) is 0.815. The Hall–Kier alpha value is -1.59. The summed E-state index contributed by atoms with van der Waals surface area (Å²) in [5.74, 6) is 0.536. The van der Waals surface area contributed by atoms with Crippen LogP contribution in [0.1, 0.15) is 70.6 Å². The molecule has 0 aliphatic carbocycles. The molecule has 4 rings (SSSR count). The van der Waals surface area contributed by atoms with Crippen molar-refractivity contribution in [3.8, 4) is 0 Å². The fourth-order valence-electron chi connectivity index (χ4n) is 4.49. The highest BCUT2D eigenvalue weighted by molar-refractivity contribution is 5.84. The number of nitrogens with two attached hydrogens (primary N) is 1. The Morgan fingerprint density at radius 1 is 1.12 bits per heavy atom. The molecule has 3 heterocycles. The molecule has 0 bridgehead atoms. The first kappa shape index (κ1) is 17.8. The van der Waals surface area contributed by atoms with Crippen LogP contribution < -0.4 is 5.73 Å². The summed E-state index contributed by atoms with van der Waals surface area (Å²) in [4.78, 5) is 2.58. The van der Waals surface area contributed by atoms with Crippen LogP contribution >= 0.6 is 0 Å². The SMILES string of the molecule is CC(C)(C)N1CCC(c2cc3c(cnn3C3CCCCO3)cc2N)CC1. The first-order valence-corrected chi connectivity index (χ1v) is 10.1. The highest BCUT2D eigenvalue weighted by Crippen LogP contribution is 2.37. The summed E-state index contributed by atoms with van der Waals surface area (Å²) in [6, 6.07) is 4.39. The van der Waals surface area contributed by atoms with Crippen LogP contribution in [-0.4, -0.2) is 39.9 Å². The van der Waals surface area contributed by atoms with Gasteiger partial charge in [-0.2, -0.15) is 5.10 Å². The number of piperidine rings is 1. The zero-order chi connectivity index (χ0) is 18.3. The topological polar surface area (TPSA) is 56.3 Å². The first-order chi connectivity index (χ1) is 12.4.